The molecule has 29 heavy (non-hydrogen) atoms. The minimum absolute atomic E-state index is 0.0339. The van der Waals surface area contributed by atoms with E-state index >= 15 is 0 Å². The lowest BCUT2D eigenvalue weighted by atomic mass is 10.0. The van der Waals surface area contributed by atoms with Gasteiger partial charge in [-0.25, -0.2) is 18.2 Å². The highest BCUT2D eigenvalue weighted by Crippen LogP contribution is 2.38. The Hall–Kier alpha value is -2.43. The van der Waals surface area contributed by atoms with Gasteiger partial charge < -0.3 is 19.5 Å². The second-order valence-electron chi connectivity index (χ2n) is 7.39. The molecule has 2 amide bonds. The number of nitrogens with one attached hydrogen (secondary N) is 1. The molecule has 0 unspecified atom stereocenters. The Balaban J connectivity index is 1.47. The molecule has 1 spiro atoms. The number of amides is 2. The van der Waals surface area contributed by atoms with Crippen molar-refractivity contribution >= 4 is 21.7 Å². The molecule has 0 bridgehead atoms. The third-order valence-electron chi connectivity index (χ3n) is 5.62. The number of sulfonamides is 1. The Morgan fingerprint density at radius 1 is 1.17 bits per heavy atom. The summed E-state index contributed by atoms with van der Waals surface area (Å²) in [6.07, 6.45) is 2.36. The van der Waals surface area contributed by atoms with Crippen LogP contribution >= 0.6 is 0 Å². The van der Waals surface area contributed by atoms with Crippen molar-refractivity contribution in [1.29, 1.82) is 0 Å². The number of para-hydroxylation sites is 1. The van der Waals surface area contributed by atoms with Crippen LogP contribution in [0.5, 0.6) is 0 Å². The Morgan fingerprint density at radius 3 is 2.48 bits per heavy atom. The van der Waals surface area contributed by atoms with E-state index in [9.17, 15) is 13.2 Å². The normalized spacial score (nSPS) is 19.6. The first-order valence-corrected chi connectivity index (χ1v) is 11.0. The van der Waals surface area contributed by atoms with Crippen LogP contribution < -0.4 is 5.32 Å². The number of ether oxygens (including phenoxy) is 1. The Bertz CT molecular complexity index is 977. The average molecular weight is 420 g/mol. The maximum absolute atomic E-state index is 13.2. The minimum Gasteiger partial charge on any atom is -0.358 e. The molecule has 0 radical (unpaired) electrons. The molecule has 1 aromatic carbocycles. The van der Waals surface area contributed by atoms with E-state index in [4.69, 9.17) is 4.74 Å². The van der Waals surface area contributed by atoms with Gasteiger partial charge in [0.1, 0.15) is 11.5 Å². The van der Waals surface area contributed by atoms with Gasteiger partial charge in [-0.3, -0.25) is 0 Å². The molecule has 1 N–H and O–H groups in total. The number of aryl methyl sites for hydroxylation is 2. The summed E-state index contributed by atoms with van der Waals surface area (Å²) >= 11 is 0. The third-order valence-corrected chi connectivity index (χ3v) is 7.44. The number of likely N-dealkylation sites (tertiary alicyclic amines) is 1. The molecule has 3 heterocycles. The number of hydrogen-bond acceptors (Lipinski definition) is 5. The van der Waals surface area contributed by atoms with E-state index in [-0.39, 0.29) is 17.6 Å². The van der Waals surface area contributed by atoms with Crippen molar-refractivity contribution in [2.24, 2.45) is 7.05 Å². The number of rotatable bonds is 3. The van der Waals surface area contributed by atoms with Crippen molar-refractivity contribution in [3.05, 3.63) is 42.4 Å². The van der Waals surface area contributed by atoms with Crippen LogP contribution in [0.4, 0.5) is 10.5 Å². The first-order valence-electron chi connectivity index (χ1n) is 9.60. The molecule has 1 aromatic heterocycles. The van der Waals surface area contributed by atoms with Crippen LogP contribution in [0.1, 0.15) is 18.7 Å². The fourth-order valence-electron chi connectivity index (χ4n) is 3.87. The molecule has 2 aromatic rings. The first kappa shape index (κ1) is 19.9. The second-order valence-corrected chi connectivity index (χ2v) is 9.20. The zero-order chi connectivity index (χ0) is 20.6. The molecule has 2 saturated heterocycles. The summed E-state index contributed by atoms with van der Waals surface area (Å²) in [6, 6.07) is 9.05. The Labute approximate surface area is 170 Å². The monoisotopic (exact) mass is 419 g/mol. The second kappa shape index (κ2) is 7.43. The van der Waals surface area contributed by atoms with Crippen LogP contribution in [0.3, 0.4) is 0 Å². The lowest BCUT2D eigenvalue weighted by Crippen LogP contribution is -2.56. The first-order chi connectivity index (χ1) is 13.8. The van der Waals surface area contributed by atoms with E-state index in [1.54, 1.807) is 23.4 Å². The quantitative estimate of drug-likeness (QED) is 0.818. The number of piperidine rings is 1. The number of imidazole rings is 1. The van der Waals surface area contributed by atoms with Gasteiger partial charge in [0.15, 0.2) is 5.03 Å². The van der Waals surface area contributed by atoms with E-state index in [1.165, 1.54) is 10.5 Å². The standard InChI is InChI=1S/C19H25N5O4S/c1-15-20-17(14-22(15)2)29(26,27)24-12-13-28-19(24)8-10-23(11-9-19)18(25)21-16-6-4-3-5-7-16/h3-7,14H,8-13H2,1-2H3,(H,21,25). The molecule has 2 fully saturated rings. The highest BCUT2D eigenvalue weighted by Gasteiger charge is 2.51. The third kappa shape index (κ3) is 3.63. The van der Waals surface area contributed by atoms with Crippen LogP contribution in [-0.2, 0) is 21.8 Å². The highest BCUT2D eigenvalue weighted by molar-refractivity contribution is 7.89. The lowest BCUT2D eigenvalue weighted by molar-refractivity contribution is -0.0840. The number of carbonyl (C=O) groups excluding carboxylic acids is 1. The molecule has 0 saturated carbocycles. The zero-order valence-electron chi connectivity index (χ0n) is 16.5. The molecule has 10 heteroatoms. The number of anilines is 1. The molecule has 0 atom stereocenters. The highest BCUT2D eigenvalue weighted by atomic mass is 32.2. The summed E-state index contributed by atoms with van der Waals surface area (Å²) in [4.78, 5) is 18.4. The molecule has 2 aliphatic rings. The van der Waals surface area contributed by atoms with Crippen molar-refractivity contribution < 1.29 is 17.9 Å². The van der Waals surface area contributed by atoms with Crippen LogP contribution in [-0.4, -0.2) is 65.2 Å². The number of carbonyl (C=O) groups is 1. The van der Waals surface area contributed by atoms with Crippen LogP contribution in [0, 0.1) is 6.92 Å². The zero-order valence-corrected chi connectivity index (χ0v) is 17.4. The molecular formula is C19H25N5O4S. The fourth-order valence-corrected chi connectivity index (χ4v) is 5.63. The number of nitrogens with zero attached hydrogens (tertiary/aromatic N) is 4. The van der Waals surface area contributed by atoms with Gasteiger partial charge in [-0.05, 0) is 19.1 Å². The van der Waals surface area contributed by atoms with E-state index < -0.39 is 15.7 Å². The topological polar surface area (TPSA) is 96.8 Å². The van der Waals surface area contributed by atoms with Gasteiger partial charge in [0.2, 0.25) is 0 Å². The summed E-state index contributed by atoms with van der Waals surface area (Å²) in [5, 5.41) is 2.90. The summed E-state index contributed by atoms with van der Waals surface area (Å²) in [5.74, 6) is 0.630. The van der Waals surface area contributed by atoms with Crippen molar-refractivity contribution in [3.63, 3.8) is 0 Å². The van der Waals surface area contributed by atoms with Gasteiger partial charge >= 0.3 is 6.03 Å². The van der Waals surface area contributed by atoms with Crippen molar-refractivity contribution in [2.45, 2.75) is 30.5 Å². The molecular weight excluding hydrogens is 394 g/mol. The van der Waals surface area contributed by atoms with Gasteiger partial charge in [0, 0.05) is 51.4 Å². The van der Waals surface area contributed by atoms with Crippen molar-refractivity contribution in [1.82, 2.24) is 18.8 Å². The minimum atomic E-state index is -3.78. The van der Waals surface area contributed by atoms with Crippen LogP contribution in [0.2, 0.25) is 0 Å². The number of hydrogen-bond donors (Lipinski definition) is 1. The summed E-state index contributed by atoms with van der Waals surface area (Å²) in [6.45, 7) is 3.20. The van der Waals surface area contributed by atoms with Gasteiger partial charge in [-0.2, -0.15) is 4.31 Å². The van der Waals surface area contributed by atoms with Gasteiger partial charge in [0.05, 0.1) is 6.61 Å². The van der Waals surface area contributed by atoms with Crippen molar-refractivity contribution in [2.75, 3.05) is 31.6 Å². The predicted octanol–water partition coefficient (Wildman–Crippen LogP) is 1.77. The van der Waals surface area contributed by atoms with E-state index in [2.05, 4.69) is 10.3 Å². The van der Waals surface area contributed by atoms with E-state index in [0.717, 1.165) is 5.69 Å². The molecule has 156 valence electrons. The largest absolute Gasteiger partial charge is 0.358 e. The molecule has 9 nitrogen and oxygen atoms in total. The van der Waals surface area contributed by atoms with E-state index in [1.807, 2.05) is 30.3 Å². The Kier molecular flexibility index (Phi) is 5.09. The fraction of sp³-hybridized carbons (Fsp3) is 0.474. The predicted molar refractivity (Wildman–Crippen MR) is 107 cm³/mol. The summed E-state index contributed by atoms with van der Waals surface area (Å²) in [7, 11) is -2.01. The van der Waals surface area contributed by atoms with Crippen LogP contribution in [0.25, 0.3) is 0 Å². The van der Waals surface area contributed by atoms with Crippen molar-refractivity contribution in [3.8, 4) is 0 Å². The molecule has 4 rings (SSSR count). The number of aromatic nitrogens is 2. The summed E-state index contributed by atoms with van der Waals surface area (Å²) < 4.78 is 35.5. The average Bonchev–Trinajstić information content (AvgIpc) is 3.27. The maximum Gasteiger partial charge on any atom is 0.321 e. The smallest absolute Gasteiger partial charge is 0.321 e. The molecule has 2 aliphatic heterocycles. The van der Waals surface area contributed by atoms with Crippen LogP contribution in [0.15, 0.2) is 41.6 Å². The van der Waals surface area contributed by atoms with Gasteiger partial charge in [0.25, 0.3) is 10.0 Å². The SMILES string of the molecule is Cc1nc(S(=O)(=O)N2CCOC23CCN(C(=O)Nc2ccccc2)CC3)cn1C. The molecule has 0 aliphatic carbocycles. The lowest BCUT2D eigenvalue weighted by Gasteiger charge is -2.42. The Morgan fingerprint density at radius 2 is 1.86 bits per heavy atom. The summed E-state index contributed by atoms with van der Waals surface area (Å²) in [5.41, 5.74) is -0.196. The maximum atomic E-state index is 13.2. The van der Waals surface area contributed by atoms with Gasteiger partial charge in [-0.15, -0.1) is 0 Å². The number of benzene rings is 1. The van der Waals surface area contributed by atoms with E-state index in [0.29, 0.717) is 38.4 Å². The number of urea groups is 1. The van der Waals surface area contributed by atoms with Gasteiger partial charge in [-0.1, -0.05) is 18.2 Å².